The molecule has 1 unspecified atom stereocenters. The summed E-state index contributed by atoms with van der Waals surface area (Å²) in [6.45, 7) is 3.66. The first-order valence-electron chi connectivity index (χ1n) is 7.46. The quantitative estimate of drug-likeness (QED) is 0.918. The highest BCUT2D eigenvalue weighted by Gasteiger charge is 2.34. The molecule has 2 aliphatic rings. The Morgan fingerprint density at radius 1 is 1.38 bits per heavy atom. The Kier molecular flexibility index (Phi) is 3.55. The monoisotopic (exact) mass is 311 g/mol. The molecule has 7 heteroatoms. The molecule has 1 aromatic heterocycles. The zero-order chi connectivity index (χ0) is 15.2. The van der Waals surface area contributed by atoms with Crippen molar-refractivity contribution < 1.29 is 13.2 Å². The summed E-state index contributed by atoms with van der Waals surface area (Å²) in [4.78, 5) is 11.9. The second kappa shape index (κ2) is 5.12. The van der Waals surface area contributed by atoms with Crippen molar-refractivity contribution in [3.63, 3.8) is 0 Å². The third-order valence-corrected chi connectivity index (χ3v) is 5.83. The molecule has 1 amide bonds. The molecule has 1 aliphatic carbocycles. The van der Waals surface area contributed by atoms with Gasteiger partial charge in [0.25, 0.3) is 0 Å². The smallest absolute Gasteiger partial charge is 0.228 e. The number of rotatable bonds is 4. The Bertz CT molecular complexity index is 659. The first kappa shape index (κ1) is 14.6. The van der Waals surface area contributed by atoms with Crippen LogP contribution < -0.4 is 5.32 Å². The lowest BCUT2D eigenvalue weighted by Crippen LogP contribution is -2.22. The molecule has 2 heterocycles. The first-order chi connectivity index (χ1) is 9.85. The van der Waals surface area contributed by atoms with E-state index < -0.39 is 9.84 Å². The molecule has 3 rings (SSSR count). The lowest BCUT2D eigenvalue weighted by atomic mass is 10.2. The number of nitrogens with zero attached hydrogens (tertiary/aromatic N) is 2. The molecule has 0 radical (unpaired) electrons. The van der Waals surface area contributed by atoms with E-state index in [2.05, 4.69) is 10.4 Å². The summed E-state index contributed by atoms with van der Waals surface area (Å²) < 4.78 is 25.1. The van der Waals surface area contributed by atoms with Gasteiger partial charge in [0.1, 0.15) is 5.82 Å². The minimum Gasteiger partial charge on any atom is -0.311 e. The van der Waals surface area contributed by atoms with Crippen molar-refractivity contribution in [2.24, 2.45) is 5.92 Å². The van der Waals surface area contributed by atoms with E-state index in [0.717, 1.165) is 18.5 Å². The summed E-state index contributed by atoms with van der Waals surface area (Å²) in [5.41, 5.74) is 0.971. The lowest BCUT2D eigenvalue weighted by molar-refractivity contribution is -0.118. The number of hydrogen-bond acceptors (Lipinski definition) is 4. The topological polar surface area (TPSA) is 81.1 Å². The minimum atomic E-state index is -2.97. The molecule has 1 atom stereocenters. The van der Waals surface area contributed by atoms with Crippen LogP contribution in [-0.4, -0.2) is 35.6 Å². The van der Waals surface area contributed by atoms with Gasteiger partial charge in [0, 0.05) is 17.9 Å². The SMILES string of the molecule is CC(C)C(=O)Nc1cc(C2CC2)nn1C1CCS(=O)(=O)C1. The maximum Gasteiger partial charge on any atom is 0.228 e. The van der Waals surface area contributed by atoms with Crippen LogP contribution in [0.4, 0.5) is 5.82 Å². The Hall–Kier alpha value is -1.37. The van der Waals surface area contributed by atoms with Crippen LogP contribution in [-0.2, 0) is 14.6 Å². The number of nitrogens with one attached hydrogen (secondary N) is 1. The van der Waals surface area contributed by atoms with Gasteiger partial charge in [-0.3, -0.25) is 4.79 Å². The number of aromatic nitrogens is 2. The predicted octanol–water partition coefficient (Wildman–Crippen LogP) is 1.71. The lowest BCUT2D eigenvalue weighted by Gasteiger charge is -2.14. The molecule has 2 fully saturated rings. The molecule has 0 spiro atoms. The molecule has 1 N–H and O–H groups in total. The Morgan fingerprint density at radius 3 is 2.62 bits per heavy atom. The Labute approximate surface area is 124 Å². The number of amides is 1. The molecule has 6 nitrogen and oxygen atoms in total. The second-order valence-corrected chi connectivity index (χ2v) is 8.60. The molecule has 21 heavy (non-hydrogen) atoms. The normalized spacial score (nSPS) is 24.4. The van der Waals surface area contributed by atoms with Gasteiger partial charge in [0.2, 0.25) is 5.91 Å². The molecule has 1 saturated heterocycles. The molecular weight excluding hydrogens is 290 g/mol. The fourth-order valence-corrected chi connectivity index (χ4v) is 4.29. The van der Waals surface area contributed by atoms with Crippen LogP contribution in [0.1, 0.15) is 50.8 Å². The Morgan fingerprint density at radius 2 is 2.10 bits per heavy atom. The van der Waals surface area contributed by atoms with Gasteiger partial charge in [-0.15, -0.1) is 0 Å². The maximum atomic E-state index is 11.9. The highest BCUT2D eigenvalue weighted by atomic mass is 32.2. The fraction of sp³-hybridized carbons (Fsp3) is 0.714. The highest BCUT2D eigenvalue weighted by Crippen LogP contribution is 2.41. The molecule has 0 aromatic carbocycles. The average Bonchev–Trinajstić information content (AvgIpc) is 3.07. The van der Waals surface area contributed by atoms with Crippen LogP contribution in [0.25, 0.3) is 0 Å². The third kappa shape index (κ3) is 3.12. The summed E-state index contributed by atoms with van der Waals surface area (Å²) in [7, 11) is -2.97. The molecule has 1 aromatic rings. The van der Waals surface area contributed by atoms with Gasteiger partial charge >= 0.3 is 0 Å². The van der Waals surface area contributed by atoms with Crippen molar-refractivity contribution in [1.82, 2.24) is 9.78 Å². The summed E-state index contributed by atoms with van der Waals surface area (Å²) >= 11 is 0. The van der Waals surface area contributed by atoms with Crippen molar-refractivity contribution in [3.8, 4) is 0 Å². The van der Waals surface area contributed by atoms with Crippen molar-refractivity contribution in [2.75, 3.05) is 16.8 Å². The highest BCUT2D eigenvalue weighted by molar-refractivity contribution is 7.91. The van der Waals surface area contributed by atoms with Crippen LogP contribution in [0.15, 0.2) is 6.07 Å². The van der Waals surface area contributed by atoms with E-state index in [4.69, 9.17) is 0 Å². The van der Waals surface area contributed by atoms with E-state index in [1.165, 1.54) is 0 Å². The van der Waals surface area contributed by atoms with Crippen LogP contribution in [0, 0.1) is 5.92 Å². The second-order valence-electron chi connectivity index (χ2n) is 6.37. The molecule has 0 bridgehead atoms. The fourth-order valence-electron chi connectivity index (χ4n) is 2.60. The number of sulfone groups is 1. The van der Waals surface area contributed by atoms with E-state index >= 15 is 0 Å². The minimum absolute atomic E-state index is 0.0700. The molecular formula is C14H21N3O3S. The maximum absolute atomic E-state index is 11.9. The average molecular weight is 311 g/mol. The van der Waals surface area contributed by atoms with Crippen molar-refractivity contribution in [3.05, 3.63) is 11.8 Å². The third-order valence-electron chi connectivity index (χ3n) is 4.08. The summed E-state index contributed by atoms with van der Waals surface area (Å²) in [6, 6.07) is 1.74. The van der Waals surface area contributed by atoms with E-state index in [0.29, 0.717) is 18.2 Å². The van der Waals surface area contributed by atoms with E-state index in [1.54, 1.807) is 4.68 Å². The van der Waals surface area contributed by atoms with Crippen molar-refractivity contribution >= 4 is 21.6 Å². The van der Waals surface area contributed by atoms with Gasteiger partial charge in [-0.25, -0.2) is 13.1 Å². The van der Waals surface area contributed by atoms with Crippen LogP contribution in [0.3, 0.4) is 0 Å². The predicted molar refractivity (Wildman–Crippen MR) is 80.0 cm³/mol. The van der Waals surface area contributed by atoms with Gasteiger partial charge in [-0.1, -0.05) is 13.8 Å². The van der Waals surface area contributed by atoms with Crippen molar-refractivity contribution in [1.29, 1.82) is 0 Å². The molecule has 116 valence electrons. The van der Waals surface area contributed by atoms with Gasteiger partial charge in [-0.2, -0.15) is 5.10 Å². The zero-order valence-corrected chi connectivity index (χ0v) is 13.2. The van der Waals surface area contributed by atoms with E-state index in [9.17, 15) is 13.2 Å². The van der Waals surface area contributed by atoms with Gasteiger partial charge in [-0.05, 0) is 19.3 Å². The summed E-state index contributed by atoms with van der Waals surface area (Å²) in [6.07, 6.45) is 2.81. The van der Waals surface area contributed by atoms with Crippen LogP contribution in [0.5, 0.6) is 0 Å². The standard InChI is InChI=1S/C14H21N3O3S/c1-9(2)14(18)15-13-7-12(10-3-4-10)16-17(13)11-5-6-21(19,20)8-11/h7,9-11H,3-6,8H2,1-2H3,(H,15,18). The van der Waals surface area contributed by atoms with Gasteiger partial charge in [0.05, 0.1) is 23.2 Å². The molecule has 1 aliphatic heterocycles. The van der Waals surface area contributed by atoms with E-state index in [-0.39, 0.29) is 29.4 Å². The van der Waals surface area contributed by atoms with Gasteiger partial charge < -0.3 is 5.32 Å². The van der Waals surface area contributed by atoms with Gasteiger partial charge in [0.15, 0.2) is 9.84 Å². The number of carbonyl (C=O) groups is 1. The van der Waals surface area contributed by atoms with Crippen LogP contribution >= 0.6 is 0 Å². The molecule has 1 saturated carbocycles. The number of carbonyl (C=O) groups excluding carboxylic acids is 1. The van der Waals surface area contributed by atoms with Crippen LogP contribution in [0.2, 0.25) is 0 Å². The number of anilines is 1. The summed E-state index contributed by atoms with van der Waals surface area (Å²) in [5.74, 6) is 1.23. The largest absolute Gasteiger partial charge is 0.311 e. The zero-order valence-electron chi connectivity index (χ0n) is 12.4. The van der Waals surface area contributed by atoms with Crippen molar-refractivity contribution in [2.45, 2.75) is 45.1 Å². The first-order valence-corrected chi connectivity index (χ1v) is 9.28. The van der Waals surface area contributed by atoms with E-state index in [1.807, 2.05) is 19.9 Å². The Balaban J connectivity index is 1.88. The number of hydrogen-bond donors (Lipinski definition) is 1. The summed E-state index contributed by atoms with van der Waals surface area (Å²) in [5, 5.41) is 7.45.